The van der Waals surface area contributed by atoms with Crippen molar-refractivity contribution in [2.45, 2.75) is 72.6 Å². The zero-order valence-corrected chi connectivity index (χ0v) is 18.1. The fourth-order valence-corrected chi connectivity index (χ4v) is 3.33. The topological polar surface area (TPSA) is 28.4 Å². The van der Waals surface area contributed by atoms with Gasteiger partial charge in [-0.1, -0.05) is 58.9 Å². The number of hydrogen-bond donors (Lipinski definition) is 1. The molecule has 0 fully saturated rings. The molecule has 1 N–H and O–H groups in total. The van der Waals surface area contributed by atoms with Crippen LogP contribution in [0, 0.1) is 5.92 Å². The standard InChI is InChI=1S/C24H38N2O/c1-19(2)13-15-25(16-20(3)27)18-23-8-7-14-26(23)17-21-9-11-22(12-10-21)24(4,5)6/h7-12,14,19-20,27H,13,15-18H2,1-6H3. The Labute approximate surface area is 166 Å². The molecule has 0 aliphatic carbocycles. The van der Waals surface area contributed by atoms with E-state index >= 15 is 0 Å². The number of nitrogens with zero attached hydrogens (tertiary/aromatic N) is 2. The van der Waals surface area contributed by atoms with Crippen LogP contribution in [-0.2, 0) is 18.5 Å². The van der Waals surface area contributed by atoms with E-state index in [2.05, 4.69) is 86.7 Å². The molecule has 0 amide bonds. The quantitative estimate of drug-likeness (QED) is 0.668. The van der Waals surface area contributed by atoms with Gasteiger partial charge in [-0.3, -0.25) is 4.90 Å². The fourth-order valence-electron chi connectivity index (χ4n) is 3.33. The van der Waals surface area contributed by atoms with Crippen LogP contribution in [0.25, 0.3) is 0 Å². The van der Waals surface area contributed by atoms with Crippen molar-refractivity contribution in [2.24, 2.45) is 5.92 Å². The summed E-state index contributed by atoms with van der Waals surface area (Å²) in [5.74, 6) is 0.676. The SMILES string of the molecule is CC(C)CCN(Cc1cccn1Cc1ccc(C(C)(C)C)cc1)CC(C)O. The second-order valence-electron chi connectivity index (χ2n) is 9.34. The minimum atomic E-state index is -0.300. The largest absolute Gasteiger partial charge is 0.392 e. The maximum atomic E-state index is 9.86. The van der Waals surface area contributed by atoms with Gasteiger partial charge in [0.2, 0.25) is 0 Å². The lowest BCUT2D eigenvalue weighted by atomic mass is 9.87. The van der Waals surface area contributed by atoms with Crippen molar-refractivity contribution in [1.29, 1.82) is 0 Å². The molecule has 0 saturated heterocycles. The monoisotopic (exact) mass is 370 g/mol. The van der Waals surface area contributed by atoms with Gasteiger partial charge >= 0.3 is 0 Å². The smallest absolute Gasteiger partial charge is 0.0639 e. The molecule has 1 unspecified atom stereocenters. The highest BCUT2D eigenvalue weighted by atomic mass is 16.3. The van der Waals surface area contributed by atoms with Gasteiger partial charge in [0, 0.05) is 31.5 Å². The number of benzene rings is 1. The van der Waals surface area contributed by atoms with Crippen molar-refractivity contribution < 1.29 is 5.11 Å². The molecule has 0 spiro atoms. The highest BCUT2D eigenvalue weighted by Crippen LogP contribution is 2.22. The van der Waals surface area contributed by atoms with Crippen LogP contribution >= 0.6 is 0 Å². The number of hydrogen-bond acceptors (Lipinski definition) is 2. The van der Waals surface area contributed by atoms with Gasteiger partial charge in [0.25, 0.3) is 0 Å². The van der Waals surface area contributed by atoms with Crippen molar-refractivity contribution in [3.63, 3.8) is 0 Å². The third-order valence-electron chi connectivity index (χ3n) is 5.03. The summed E-state index contributed by atoms with van der Waals surface area (Å²) in [6.07, 6.45) is 3.02. The Balaban J connectivity index is 2.07. The molecule has 1 aromatic carbocycles. The maximum absolute atomic E-state index is 9.86. The first kappa shape index (κ1) is 21.7. The van der Waals surface area contributed by atoms with Crippen molar-refractivity contribution in [2.75, 3.05) is 13.1 Å². The van der Waals surface area contributed by atoms with Gasteiger partial charge in [-0.05, 0) is 54.5 Å². The van der Waals surface area contributed by atoms with Crippen molar-refractivity contribution in [3.8, 4) is 0 Å². The maximum Gasteiger partial charge on any atom is 0.0639 e. The number of rotatable bonds is 9. The molecule has 0 saturated carbocycles. The molecule has 1 atom stereocenters. The van der Waals surface area contributed by atoms with Gasteiger partial charge in [0.15, 0.2) is 0 Å². The molecule has 1 heterocycles. The Morgan fingerprint density at radius 1 is 1.04 bits per heavy atom. The first-order valence-electron chi connectivity index (χ1n) is 10.3. The van der Waals surface area contributed by atoms with Crippen LogP contribution < -0.4 is 0 Å². The highest BCUT2D eigenvalue weighted by Gasteiger charge is 2.14. The molecule has 0 aliphatic rings. The minimum absolute atomic E-state index is 0.190. The number of aromatic nitrogens is 1. The number of aliphatic hydroxyl groups is 1. The molecule has 27 heavy (non-hydrogen) atoms. The Kier molecular flexibility index (Phi) is 7.69. The Hall–Kier alpha value is -1.58. The number of aliphatic hydroxyl groups excluding tert-OH is 1. The third-order valence-corrected chi connectivity index (χ3v) is 5.03. The van der Waals surface area contributed by atoms with Crippen molar-refractivity contribution in [1.82, 2.24) is 9.47 Å². The first-order chi connectivity index (χ1) is 12.6. The van der Waals surface area contributed by atoms with Gasteiger partial charge in [-0.15, -0.1) is 0 Å². The van der Waals surface area contributed by atoms with Crippen LogP contribution in [0.15, 0.2) is 42.6 Å². The lowest BCUT2D eigenvalue weighted by Gasteiger charge is -2.25. The second kappa shape index (κ2) is 9.57. The van der Waals surface area contributed by atoms with E-state index in [1.165, 1.54) is 16.8 Å². The van der Waals surface area contributed by atoms with Crippen LogP contribution in [0.1, 0.15) is 64.8 Å². The zero-order valence-electron chi connectivity index (χ0n) is 18.1. The van der Waals surface area contributed by atoms with E-state index in [9.17, 15) is 5.11 Å². The normalized spacial score (nSPS) is 13.5. The predicted octanol–water partition coefficient (Wildman–Crippen LogP) is 5.06. The molecule has 3 heteroatoms. The minimum Gasteiger partial charge on any atom is -0.392 e. The highest BCUT2D eigenvalue weighted by molar-refractivity contribution is 5.28. The van der Waals surface area contributed by atoms with Crippen LogP contribution in [0.2, 0.25) is 0 Å². The van der Waals surface area contributed by atoms with Gasteiger partial charge in [-0.25, -0.2) is 0 Å². The molecule has 0 radical (unpaired) electrons. The summed E-state index contributed by atoms with van der Waals surface area (Å²) in [7, 11) is 0. The van der Waals surface area contributed by atoms with Crippen molar-refractivity contribution >= 4 is 0 Å². The molecule has 1 aromatic heterocycles. The molecule has 2 rings (SSSR count). The summed E-state index contributed by atoms with van der Waals surface area (Å²) in [5, 5.41) is 9.86. The fraction of sp³-hybridized carbons (Fsp3) is 0.583. The zero-order chi connectivity index (χ0) is 20.0. The Morgan fingerprint density at radius 3 is 2.26 bits per heavy atom. The molecular weight excluding hydrogens is 332 g/mol. The summed E-state index contributed by atoms with van der Waals surface area (Å²) >= 11 is 0. The van der Waals surface area contributed by atoms with Gasteiger partial charge < -0.3 is 9.67 Å². The molecular formula is C24H38N2O. The lowest BCUT2D eigenvalue weighted by molar-refractivity contribution is 0.117. The summed E-state index contributed by atoms with van der Waals surface area (Å²) in [5.41, 5.74) is 4.19. The molecule has 0 bridgehead atoms. The second-order valence-corrected chi connectivity index (χ2v) is 9.34. The Bertz CT molecular complexity index is 677. The van der Waals surface area contributed by atoms with E-state index in [0.717, 1.165) is 32.6 Å². The van der Waals surface area contributed by atoms with Crippen LogP contribution in [0.3, 0.4) is 0 Å². The molecule has 3 nitrogen and oxygen atoms in total. The summed E-state index contributed by atoms with van der Waals surface area (Å²) in [6.45, 7) is 16.6. The summed E-state index contributed by atoms with van der Waals surface area (Å²) in [6, 6.07) is 13.3. The lowest BCUT2D eigenvalue weighted by Crippen LogP contribution is -2.32. The van der Waals surface area contributed by atoms with Crippen LogP contribution in [0.4, 0.5) is 0 Å². The van der Waals surface area contributed by atoms with Crippen molar-refractivity contribution in [3.05, 3.63) is 59.4 Å². The summed E-state index contributed by atoms with van der Waals surface area (Å²) in [4.78, 5) is 2.37. The van der Waals surface area contributed by atoms with E-state index in [-0.39, 0.29) is 11.5 Å². The van der Waals surface area contributed by atoms with Crippen LogP contribution in [0.5, 0.6) is 0 Å². The Morgan fingerprint density at radius 2 is 1.70 bits per heavy atom. The summed E-state index contributed by atoms with van der Waals surface area (Å²) < 4.78 is 2.33. The van der Waals surface area contributed by atoms with Crippen LogP contribution in [-0.4, -0.2) is 33.8 Å². The first-order valence-corrected chi connectivity index (χ1v) is 10.3. The van der Waals surface area contributed by atoms with E-state index in [1.54, 1.807) is 0 Å². The van der Waals surface area contributed by atoms with Gasteiger partial charge in [0.05, 0.1) is 6.10 Å². The van der Waals surface area contributed by atoms with E-state index in [4.69, 9.17) is 0 Å². The van der Waals surface area contributed by atoms with E-state index in [1.807, 2.05) is 6.92 Å². The van der Waals surface area contributed by atoms with Gasteiger partial charge in [-0.2, -0.15) is 0 Å². The molecule has 2 aromatic rings. The van der Waals surface area contributed by atoms with E-state index in [0.29, 0.717) is 5.92 Å². The molecule has 0 aliphatic heterocycles. The predicted molar refractivity (Wildman–Crippen MR) is 115 cm³/mol. The van der Waals surface area contributed by atoms with Gasteiger partial charge in [0.1, 0.15) is 0 Å². The molecule has 150 valence electrons. The average molecular weight is 371 g/mol. The van der Waals surface area contributed by atoms with E-state index < -0.39 is 0 Å². The third kappa shape index (κ3) is 7.15. The average Bonchev–Trinajstić information content (AvgIpc) is 2.98.